The summed E-state index contributed by atoms with van der Waals surface area (Å²) in [6.07, 6.45) is 8.01. The van der Waals surface area contributed by atoms with E-state index in [1.165, 1.54) is 22.3 Å². The van der Waals surface area contributed by atoms with Crippen LogP contribution < -0.4 is 20.1 Å². The number of phenols is 1. The number of aromatic hydroxyl groups is 1. The second-order valence-electron chi connectivity index (χ2n) is 9.70. The van der Waals surface area contributed by atoms with Crippen LogP contribution in [0, 0.1) is 0 Å². The molecule has 0 aromatic heterocycles. The number of fused-ring (bicyclic) bond motifs is 1. The summed E-state index contributed by atoms with van der Waals surface area (Å²) < 4.78 is 11.3. The van der Waals surface area contributed by atoms with E-state index in [-0.39, 0.29) is 0 Å². The molecule has 1 atom stereocenters. The first-order valence-electron chi connectivity index (χ1n) is 13.4. The van der Waals surface area contributed by atoms with Crippen molar-refractivity contribution in [1.82, 2.24) is 5.32 Å². The van der Waals surface area contributed by atoms with Gasteiger partial charge in [-0.3, -0.25) is 0 Å². The molecule has 0 amide bonds. The lowest BCUT2D eigenvalue weighted by Gasteiger charge is -2.27. The van der Waals surface area contributed by atoms with Crippen LogP contribution in [0.5, 0.6) is 17.2 Å². The zero-order valence-electron chi connectivity index (χ0n) is 22.0. The number of hydrogen-bond donors (Lipinski definition) is 3. The highest BCUT2D eigenvalue weighted by Crippen LogP contribution is 2.38. The van der Waals surface area contributed by atoms with Crippen LogP contribution in [-0.4, -0.2) is 38.5 Å². The summed E-state index contributed by atoms with van der Waals surface area (Å²) in [4.78, 5) is 0. The second-order valence-corrected chi connectivity index (χ2v) is 9.70. The average molecular weight is 501 g/mol. The summed E-state index contributed by atoms with van der Waals surface area (Å²) in [7, 11) is 1.72. The van der Waals surface area contributed by atoms with Gasteiger partial charge in [0.2, 0.25) is 0 Å². The van der Waals surface area contributed by atoms with Crippen LogP contribution in [0.1, 0.15) is 47.4 Å². The number of methoxy groups -OCH3 is 1. The summed E-state index contributed by atoms with van der Waals surface area (Å²) in [6, 6.07) is 20.6. The topological polar surface area (TPSA) is 62.8 Å². The normalized spacial score (nSPS) is 14.6. The Balaban J connectivity index is 1.27. The lowest BCUT2D eigenvalue weighted by atomic mass is 9.79. The fourth-order valence-corrected chi connectivity index (χ4v) is 5.02. The third-order valence-electron chi connectivity index (χ3n) is 7.07. The quantitative estimate of drug-likeness (QED) is 0.180. The van der Waals surface area contributed by atoms with Gasteiger partial charge >= 0.3 is 0 Å². The molecule has 1 aliphatic rings. The zero-order chi connectivity index (χ0) is 25.9. The first-order valence-corrected chi connectivity index (χ1v) is 13.4. The highest BCUT2D eigenvalue weighted by Gasteiger charge is 2.23. The van der Waals surface area contributed by atoms with Crippen molar-refractivity contribution >= 4 is 5.69 Å². The van der Waals surface area contributed by atoms with Gasteiger partial charge in [0.1, 0.15) is 23.9 Å². The minimum Gasteiger partial charge on any atom is -0.508 e. The van der Waals surface area contributed by atoms with Crippen molar-refractivity contribution in [3.63, 3.8) is 0 Å². The number of hydrogen-bond acceptors (Lipinski definition) is 5. The van der Waals surface area contributed by atoms with Crippen LogP contribution in [0.15, 0.2) is 73.3 Å². The number of benzene rings is 3. The monoisotopic (exact) mass is 500 g/mol. The molecule has 0 heterocycles. The molecule has 196 valence electrons. The molecule has 1 aliphatic carbocycles. The van der Waals surface area contributed by atoms with Crippen LogP contribution in [-0.2, 0) is 19.3 Å². The largest absolute Gasteiger partial charge is 0.508 e. The fourth-order valence-electron chi connectivity index (χ4n) is 5.02. The third kappa shape index (κ3) is 7.77. The second kappa shape index (κ2) is 13.8. The van der Waals surface area contributed by atoms with Crippen molar-refractivity contribution < 1.29 is 14.6 Å². The molecule has 0 bridgehead atoms. The average Bonchev–Trinajstić information content (AvgIpc) is 2.93. The number of nitrogens with one attached hydrogen (secondary N) is 2. The van der Waals surface area contributed by atoms with Crippen LogP contribution in [0.25, 0.3) is 0 Å². The van der Waals surface area contributed by atoms with E-state index in [4.69, 9.17) is 9.47 Å². The van der Waals surface area contributed by atoms with E-state index in [0.29, 0.717) is 18.3 Å². The molecule has 0 saturated carbocycles. The molecule has 4 rings (SSSR count). The van der Waals surface area contributed by atoms with Gasteiger partial charge in [-0.25, -0.2) is 0 Å². The predicted octanol–water partition coefficient (Wildman–Crippen LogP) is 6.26. The SMILES string of the molecule is C=CCCNCCOc1ccc(CCCNc2cc(OC)ccc2C2CCc3cc(O)ccc3C2)cc1. The molecule has 0 aliphatic heterocycles. The first-order chi connectivity index (χ1) is 18.2. The molecule has 3 aromatic carbocycles. The molecule has 3 aromatic rings. The molecule has 37 heavy (non-hydrogen) atoms. The molecule has 5 heteroatoms. The number of anilines is 1. The summed E-state index contributed by atoms with van der Waals surface area (Å²) in [6.45, 7) is 7.07. The van der Waals surface area contributed by atoms with Gasteiger partial charge in [0.05, 0.1) is 7.11 Å². The lowest BCUT2D eigenvalue weighted by Crippen LogP contribution is -2.21. The molecule has 0 saturated heterocycles. The highest BCUT2D eigenvalue weighted by molar-refractivity contribution is 5.57. The number of rotatable bonds is 14. The minimum atomic E-state index is 0.360. The summed E-state index contributed by atoms with van der Waals surface area (Å²) >= 11 is 0. The number of aryl methyl sites for hydroxylation is 2. The van der Waals surface area contributed by atoms with Gasteiger partial charge in [-0.2, -0.15) is 0 Å². The number of ether oxygens (including phenoxy) is 2. The Morgan fingerprint density at radius 2 is 1.81 bits per heavy atom. The summed E-state index contributed by atoms with van der Waals surface area (Å²) in [5, 5.41) is 16.8. The molecule has 0 radical (unpaired) electrons. The van der Waals surface area contributed by atoms with Crippen molar-refractivity contribution in [2.75, 3.05) is 38.7 Å². The maximum Gasteiger partial charge on any atom is 0.120 e. The fraction of sp³-hybridized carbons (Fsp3) is 0.375. The smallest absolute Gasteiger partial charge is 0.120 e. The van der Waals surface area contributed by atoms with Crippen molar-refractivity contribution in [3.8, 4) is 17.2 Å². The van der Waals surface area contributed by atoms with E-state index in [1.54, 1.807) is 13.2 Å². The van der Waals surface area contributed by atoms with Crippen LogP contribution in [0.3, 0.4) is 0 Å². The van der Waals surface area contributed by atoms with Crippen LogP contribution >= 0.6 is 0 Å². The van der Waals surface area contributed by atoms with Gasteiger partial charge < -0.3 is 25.2 Å². The van der Waals surface area contributed by atoms with Crippen molar-refractivity contribution in [2.45, 2.75) is 44.4 Å². The maximum absolute atomic E-state index is 9.82. The van der Waals surface area contributed by atoms with Gasteiger partial charge in [-0.05, 0) is 104 Å². The predicted molar refractivity (Wildman–Crippen MR) is 152 cm³/mol. The van der Waals surface area contributed by atoms with Crippen molar-refractivity contribution in [1.29, 1.82) is 0 Å². The first kappa shape index (κ1) is 26.6. The van der Waals surface area contributed by atoms with Crippen LogP contribution in [0.4, 0.5) is 5.69 Å². The Morgan fingerprint density at radius 3 is 2.62 bits per heavy atom. The molecule has 5 nitrogen and oxygen atoms in total. The summed E-state index contributed by atoms with van der Waals surface area (Å²) in [5.41, 5.74) is 6.44. The molecule has 1 unspecified atom stereocenters. The Morgan fingerprint density at radius 1 is 0.973 bits per heavy atom. The highest BCUT2D eigenvalue weighted by atomic mass is 16.5. The molecular weight excluding hydrogens is 460 g/mol. The Labute approximate surface area is 221 Å². The zero-order valence-corrected chi connectivity index (χ0v) is 22.0. The van der Waals surface area contributed by atoms with Crippen molar-refractivity contribution in [2.24, 2.45) is 0 Å². The van der Waals surface area contributed by atoms with E-state index in [1.807, 2.05) is 12.1 Å². The van der Waals surface area contributed by atoms with Gasteiger partial charge in [-0.15, -0.1) is 6.58 Å². The Hall–Kier alpha value is -3.44. The van der Waals surface area contributed by atoms with E-state index < -0.39 is 0 Å². The maximum atomic E-state index is 9.82. The van der Waals surface area contributed by atoms with Gasteiger partial charge in [0.15, 0.2) is 0 Å². The molecule has 3 N–H and O–H groups in total. The molecular formula is C32H40N2O3. The van der Waals surface area contributed by atoms with E-state index in [9.17, 15) is 5.11 Å². The Bertz CT molecular complexity index is 1140. The summed E-state index contributed by atoms with van der Waals surface area (Å²) in [5.74, 6) is 2.60. The van der Waals surface area contributed by atoms with E-state index >= 15 is 0 Å². The van der Waals surface area contributed by atoms with Gasteiger partial charge in [-0.1, -0.05) is 30.3 Å². The standard InChI is InChI=1S/C32H40N2O3/c1-3-4-17-33-19-20-37-29-13-7-24(8-14-29)6-5-18-34-32-23-30(36-2)15-16-31(32)27-10-9-26-22-28(35)12-11-25(26)21-27/h3,7-8,11-16,22-23,27,33-35H,1,4-6,9-10,17-21H2,2H3. The minimum absolute atomic E-state index is 0.360. The van der Waals surface area contributed by atoms with Gasteiger partial charge in [0, 0.05) is 24.8 Å². The van der Waals surface area contributed by atoms with Crippen LogP contribution in [0.2, 0.25) is 0 Å². The van der Waals surface area contributed by atoms with Gasteiger partial charge in [0.25, 0.3) is 0 Å². The van der Waals surface area contributed by atoms with Crippen molar-refractivity contribution in [3.05, 3.63) is 95.6 Å². The number of phenolic OH excluding ortho intramolecular Hbond substituents is 1. The molecule has 0 spiro atoms. The van der Waals surface area contributed by atoms with E-state index in [0.717, 1.165) is 75.3 Å². The van der Waals surface area contributed by atoms with E-state index in [2.05, 4.69) is 65.7 Å². The molecule has 0 fully saturated rings. The lowest BCUT2D eigenvalue weighted by molar-refractivity contribution is 0.314. The Kier molecular flexibility index (Phi) is 9.89. The third-order valence-corrected chi connectivity index (χ3v) is 7.07.